The molecule has 1 N–H and O–H groups in total. The Morgan fingerprint density at radius 2 is 1.45 bits per heavy atom. The molecule has 3 rings (SSSR count). The van der Waals surface area contributed by atoms with Crippen LogP contribution in [0.1, 0.15) is 43.2 Å². The summed E-state index contributed by atoms with van der Waals surface area (Å²) in [5.41, 5.74) is -0.0478. The van der Waals surface area contributed by atoms with Gasteiger partial charge in [0.1, 0.15) is 17.2 Å². The van der Waals surface area contributed by atoms with Gasteiger partial charge in [-0.3, -0.25) is 4.79 Å². The van der Waals surface area contributed by atoms with Gasteiger partial charge in [-0.1, -0.05) is 24.3 Å². The maximum absolute atomic E-state index is 13.5. The van der Waals surface area contributed by atoms with Crippen LogP contribution in [0.5, 0.6) is 0 Å². The number of hydrogen-bond acceptors (Lipinski definition) is 3. The van der Waals surface area contributed by atoms with Crippen molar-refractivity contribution in [2.24, 2.45) is 5.92 Å². The Balaban J connectivity index is 1.66. The summed E-state index contributed by atoms with van der Waals surface area (Å²) in [4.78, 5) is 15.7. The molecule has 1 heterocycles. The number of halogens is 2. The molecule has 0 radical (unpaired) electrons. The van der Waals surface area contributed by atoms with Crippen molar-refractivity contribution in [1.29, 1.82) is 0 Å². The summed E-state index contributed by atoms with van der Waals surface area (Å²) in [5.74, 6) is -0.613. The van der Waals surface area contributed by atoms with Crippen molar-refractivity contribution in [3.05, 3.63) is 71.3 Å². The van der Waals surface area contributed by atoms with Crippen molar-refractivity contribution in [2.75, 3.05) is 33.7 Å². The SMILES string of the molecule is CN(C)C(=O)CCCCN1CCC(C(O)(c2ccc(F)cc2)c2ccc(F)cc2)CC1. The summed E-state index contributed by atoms with van der Waals surface area (Å²) in [6.07, 6.45) is 3.96. The molecule has 1 fully saturated rings. The number of piperidine rings is 1. The third-order valence-corrected chi connectivity index (χ3v) is 6.36. The van der Waals surface area contributed by atoms with E-state index in [2.05, 4.69) is 4.90 Å². The molecule has 0 aromatic heterocycles. The first-order valence-electron chi connectivity index (χ1n) is 11.0. The lowest BCUT2D eigenvalue weighted by molar-refractivity contribution is -0.128. The van der Waals surface area contributed by atoms with E-state index in [1.54, 1.807) is 43.3 Å². The molecule has 6 heteroatoms. The van der Waals surface area contributed by atoms with Crippen molar-refractivity contribution in [2.45, 2.75) is 37.7 Å². The second-order valence-corrected chi connectivity index (χ2v) is 8.64. The average Bonchev–Trinajstić information content (AvgIpc) is 2.77. The van der Waals surface area contributed by atoms with Crippen LogP contribution in [0.2, 0.25) is 0 Å². The minimum atomic E-state index is -1.30. The lowest BCUT2D eigenvalue weighted by Gasteiger charge is -2.42. The molecular formula is C25H32F2N2O2. The van der Waals surface area contributed by atoms with E-state index in [4.69, 9.17) is 0 Å². The van der Waals surface area contributed by atoms with Gasteiger partial charge in [0.05, 0.1) is 0 Å². The van der Waals surface area contributed by atoms with E-state index in [-0.39, 0.29) is 23.5 Å². The third kappa shape index (κ3) is 5.69. The Labute approximate surface area is 183 Å². The number of nitrogens with zero attached hydrogens (tertiary/aromatic N) is 2. The Bertz CT molecular complexity index is 799. The molecule has 0 bridgehead atoms. The fourth-order valence-corrected chi connectivity index (χ4v) is 4.46. The fourth-order valence-electron chi connectivity index (χ4n) is 4.46. The summed E-state index contributed by atoms with van der Waals surface area (Å²) in [6.45, 7) is 2.62. The van der Waals surface area contributed by atoms with Gasteiger partial charge in [0.25, 0.3) is 0 Å². The zero-order valence-electron chi connectivity index (χ0n) is 18.4. The Hall–Kier alpha value is -2.31. The van der Waals surface area contributed by atoms with Crippen LogP contribution in [0.15, 0.2) is 48.5 Å². The fraction of sp³-hybridized carbons (Fsp3) is 0.480. The number of carbonyl (C=O) groups excluding carboxylic acids is 1. The van der Waals surface area contributed by atoms with Crippen LogP contribution in [-0.4, -0.2) is 54.5 Å². The highest BCUT2D eigenvalue weighted by Crippen LogP contribution is 2.42. The monoisotopic (exact) mass is 430 g/mol. The highest BCUT2D eigenvalue weighted by molar-refractivity contribution is 5.75. The van der Waals surface area contributed by atoms with E-state index in [1.165, 1.54) is 24.3 Å². The predicted octanol–water partition coefficient (Wildman–Crippen LogP) is 4.17. The van der Waals surface area contributed by atoms with E-state index in [9.17, 15) is 18.7 Å². The zero-order chi connectivity index (χ0) is 22.4. The Morgan fingerprint density at radius 1 is 0.968 bits per heavy atom. The van der Waals surface area contributed by atoms with Crippen LogP contribution in [0.3, 0.4) is 0 Å². The first kappa shape index (κ1) is 23.4. The molecule has 0 spiro atoms. The molecule has 1 aliphatic rings. The van der Waals surface area contributed by atoms with Crippen molar-refractivity contribution in [3.63, 3.8) is 0 Å². The van der Waals surface area contributed by atoms with E-state index < -0.39 is 5.60 Å². The minimum Gasteiger partial charge on any atom is -0.380 e. The van der Waals surface area contributed by atoms with Crippen LogP contribution in [0, 0.1) is 17.6 Å². The number of benzene rings is 2. The number of hydrogen-bond donors (Lipinski definition) is 1. The average molecular weight is 431 g/mol. The molecule has 1 aliphatic heterocycles. The predicted molar refractivity (Wildman–Crippen MR) is 118 cm³/mol. The molecule has 4 nitrogen and oxygen atoms in total. The van der Waals surface area contributed by atoms with E-state index in [0.717, 1.165) is 45.3 Å². The number of unbranched alkanes of at least 4 members (excludes halogenated alkanes) is 1. The van der Waals surface area contributed by atoms with E-state index in [1.807, 2.05) is 0 Å². The number of likely N-dealkylation sites (tertiary alicyclic amines) is 1. The number of rotatable bonds is 8. The molecule has 168 valence electrons. The van der Waals surface area contributed by atoms with Crippen molar-refractivity contribution in [3.8, 4) is 0 Å². The third-order valence-electron chi connectivity index (χ3n) is 6.36. The Morgan fingerprint density at radius 3 is 1.90 bits per heavy atom. The first-order chi connectivity index (χ1) is 14.8. The standard InChI is InChI=1S/C25H32F2N2O2/c1-28(2)24(30)5-3-4-16-29-17-14-21(15-18-29)25(31,19-6-10-22(26)11-7-19)20-8-12-23(27)13-9-20/h6-13,21,31H,3-5,14-18H2,1-2H3. The van der Waals surface area contributed by atoms with Gasteiger partial charge in [0, 0.05) is 20.5 Å². The van der Waals surface area contributed by atoms with Crippen LogP contribution in [-0.2, 0) is 10.4 Å². The van der Waals surface area contributed by atoms with Crippen molar-refractivity contribution < 1.29 is 18.7 Å². The van der Waals surface area contributed by atoms with Crippen LogP contribution in [0.4, 0.5) is 8.78 Å². The van der Waals surface area contributed by atoms with Gasteiger partial charge in [-0.25, -0.2) is 8.78 Å². The summed E-state index contributed by atoms with van der Waals surface area (Å²) in [6, 6.07) is 11.9. The number of aliphatic hydroxyl groups is 1. The maximum Gasteiger partial charge on any atom is 0.222 e. The van der Waals surface area contributed by atoms with Gasteiger partial charge in [-0.2, -0.15) is 0 Å². The quantitative estimate of drug-likeness (QED) is 0.640. The van der Waals surface area contributed by atoms with Gasteiger partial charge in [0.2, 0.25) is 5.91 Å². The summed E-state index contributed by atoms with van der Waals surface area (Å²) in [7, 11) is 3.55. The molecular weight excluding hydrogens is 398 g/mol. The lowest BCUT2D eigenvalue weighted by atomic mass is 9.72. The highest BCUT2D eigenvalue weighted by atomic mass is 19.1. The topological polar surface area (TPSA) is 43.8 Å². The maximum atomic E-state index is 13.5. The number of amides is 1. The summed E-state index contributed by atoms with van der Waals surface area (Å²) < 4.78 is 27.0. The zero-order valence-corrected chi connectivity index (χ0v) is 18.4. The van der Waals surface area contributed by atoms with Gasteiger partial charge in [-0.05, 0) is 86.6 Å². The molecule has 1 saturated heterocycles. The van der Waals surface area contributed by atoms with E-state index >= 15 is 0 Å². The van der Waals surface area contributed by atoms with Gasteiger partial charge < -0.3 is 14.9 Å². The first-order valence-corrected chi connectivity index (χ1v) is 11.0. The number of carbonyl (C=O) groups is 1. The van der Waals surface area contributed by atoms with Gasteiger partial charge in [-0.15, -0.1) is 0 Å². The highest BCUT2D eigenvalue weighted by Gasteiger charge is 2.41. The van der Waals surface area contributed by atoms with Gasteiger partial charge in [0.15, 0.2) is 0 Å². The van der Waals surface area contributed by atoms with E-state index in [0.29, 0.717) is 17.5 Å². The molecule has 0 atom stereocenters. The van der Waals surface area contributed by atoms with Crippen LogP contribution in [0.25, 0.3) is 0 Å². The normalized spacial score (nSPS) is 15.8. The van der Waals surface area contributed by atoms with Gasteiger partial charge >= 0.3 is 0 Å². The second kappa shape index (κ2) is 10.3. The van der Waals surface area contributed by atoms with Crippen molar-refractivity contribution >= 4 is 5.91 Å². The largest absolute Gasteiger partial charge is 0.380 e. The smallest absolute Gasteiger partial charge is 0.222 e. The minimum absolute atomic E-state index is 0.0602. The van der Waals surface area contributed by atoms with Crippen molar-refractivity contribution in [1.82, 2.24) is 9.80 Å². The van der Waals surface area contributed by atoms with Crippen LogP contribution < -0.4 is 0 Å². The molecule has 31 heavy (non-hydrogen) atoms. The second-order valence-electron chi connectivity index (χ2n) is 8.64. The summed E-state index contributed by atoms with van der Waals surface area (Å²) >= 11 is 0. The molecule has 2 aromatic rings. The molecule has 2 aromatic carbocycles. The van der Waals surface area contributed by atoms with Crippen LogP contribution >= 0.6 is 0 Å². The molecule has 0 saturated carbocycles. The molecule has 0 aliphatic carbocycles. The lowest BCUT2D eigenvalue weighted by Crippen LogP contribution is -2.44. The Kier molecular flexibility index (Phi) is 7.79. The summed E-state index contributed by atoms with van der Waals surface area (Å²) in [5, 5.41) is 11.9. The molecule has 0 unspecified atom stereocenters. The molecule has 1 amide bonds.